The van der Waals surface area contributed by atoms with E-state index < -0.39 is 29.9 Å². The summed E-state index contributed by atoms with van der Waals surface area (Å²) in [5.41, 5.74) is 7.16. The first kappa shape index (κ1) is 28.9. The zero-order valence-electron chi connectivity index (χ0n) is 22.9. The van der Waals surface area contributed by atoms with Gasteiger partial charge < -0.3 is 30.0 Å². The number of terminal acetylenes is 1. The van der Waals surface area contributed by atoms with Crippen LogP contribution in [0.25, 0.3) is 11.3 Å². The van der Waals surface area contributed by atoms with Crippen LogP contribution in [-0.4, -0.2) is 74.4 Å². The second-order valence-electron chi connectivity index (χ2n) is 10.5. The lowest BCUT2D eigenvalue weighted by Crippen LogP contribution is -2.38. The molecular formula is C27H30F3N9O3. The highest BCUT2D eigenvalue weighted by Crippen LogP contribution is 2.44. The number of halogens is 3. The lowest BCUT2D eigenvalue weighted by atomic mass is 9.98. The van der Waals surface area contributed by atoms with Gasteiger partial charge in [0.1, 0.15) is 13.2 Å². The van der Waals surface area contributed by atoms with Crippen LogP contribution in [0.1, 0.15) is 36.3 Å². The first-order valence-electron chi connectivity index (χ1n) is 13.4. The van der Waals surface area contributed by atoms with Crippen molar-refractivity contribution in [1.82, 2.24) is 34.8 Å². The summed E-state index contributed by atoms with van der Waals surface area (Å²) in [6.07, 6.45) is 9.16. The quantitative estimate of drug-likeness (QED) is 0.341. The molecule has 222 valence electrons. The van der Waals surface area contributed by atoms with Crippen molar-refractivity contribution >= 4 is 17.7 Å². The molecule has 1 aliphatic heterocycles. The van der Waals surface area contributed by atoms with E-state index in [-0.39, 0.29) is 30.3 Å². The number of hydrogen-bond acceptors (Lipinski definition) is 10. The predicted molar refractivity (Wildman–Crippen MR) is 145 cm³/mol. The minimum Gasteiger partial charge on any atom is -0.489 e. The maximum Gasteiger partial charge on any atom is 0.405 e. The van der Waals surface area contributed by atoms with Gasteiger partial charge in [0.25, 0.3) is 5.91 Å². The summed E-state index contributed by atoms with van der Waals surface area (Å²) in [4.78, 5) is 35.3. The number of imidazole rings is 1. The highest BCUT2D eigenvalue weighted by atomic mass is 19.4. The molecule has 42 heavy (non-hydrogen) atoms. The summed E-state index contributed by atoms with van der Waals surface area (Å²) in [5, 5.41) is 1.79. The van der Waals surface area contributed by atoms with Crippen LogP contribution in [0.3, 0.4) is 0 Å². The van der Waals surface area contributed by atoms with Crippen molar-refractivity contribution in [3.63, 3.8) is 0 Å². The van der Waals surface area contributed by atoms with E-state index >= 15 is 0 Å². The summed E-state index contributed by atoms with van der Waals surface area (Å²) >= 11 is 0. The van der Waals surface area contributed by atoms with E-state index in [9.17, 15) is 18.0 Å². The van der Waals surface area contributed by atoms with Gasteiger partial charge in [0, 0.05) is 38.1 Å². The molecule has 5 rings (SSSR count). The molecule has 3 aromatic rings. The molecule has 3 aromatic heterocycles. The molecule has 0 spiro atoms. The number of ether oxygens (including phenoxy) is 2. The number of aromatic nitrogens is 6. The molecule has 0 bridgehead atoms. The monoisotopic (exact) mass is 585 g/mol. The number of nitrogen functional groups attached to an aromatic ring is 1. The minimum absolute atomic E-state index is 0.134. The molecular weight excluding hydrogens is 555 g/mol. The minimum atomic E-state index is -4.58. The van der Waals surface area contributed by atoms with Crippen LogP contribution >= 0.6 is 0 Å². The Balaban J connectivity index is 1.23. The van der Waals surface area contributed by atoms with Gasteiger partial charge in [-0.3, -0.25) is 4.79 Å². The number of aryl methyl sites for hydroxylation is 1. The number of piperidine rings is 1. The summed E-state index contributed by atoms with van der Waals surface area (Å²) in [6, 6.07) is 1.64. The van der Waals surface area contributed by atoms with Gasteiger partial charge in [-0.1, -0.05) is 5.92 Å². The van der Waals surface area contributed by atoms with Crippen molar-refractivity contribution in [2.24, 2.45) is 18.4 Å². The van der Waals surface area contributed by atoms with Gasteiger partial charge in [-0.15, -0.1) is 6.42 Å². The average Bonchev–Trinajstić information content (AvgIpc) is 3.64. The van der Waals surface area contributed by atoms with Crippen molar-refractivity contribution in [2.45, 2.75) is 31.9 Å². The van der Waals surface area contributed by atoms with Gasteiger partial charge in [0.15, 0.2) is 11.6 Å². The first-order valence-corrected chi connectivity index (χ1v) is 13.4. The standard InChI is InChI=1S/C27H30F3N9O3/c1-3-26(6-7-26)15-42-25-36-22(23(40)33-14-27(28,29)30)35-24(37-25)39-8-4-17(5-9-39)13-41-20-10-18(11-32-21(20)31)19-12-38(2)16-34-19/h1,10-12,16-17H,4-9,13-15H2,2H3,(H2,31,32)(H,33,40). The van der Waals surface area contributed by atoms with Crippen LogP contribution < -0.4 is 25.4 Å². The fourth-order valence-corrected chi connectivity index (χ4v) is 4.38. The number of pyridine rings is 1. The van der Waals surface area contributed by atoms with Crippen LogP contribution in [0.5, 0.6) is 11.8 Å². The molecule has 15 heteroatoms. The average molecular weight is 586 g/mol. The van der Waals surface area contributed by atoms with Gasteiger partial charge in [-0.05, 0) is 37.7 Å². The zero-order valence-corrected chi connectivity index (χ0v) is 22.9. The molecule has 1 saturated heterocycles. The highest BCUT2D eigenvalue weighted by Gasteiger charge is 2.42. The summed E-state index contributed by atoms with van der Waals surface area (Å²) in [7, 11) is 1.88. The lowest BCUT2D eigenvalue weighted by Gasteiger charge is -2.32. The SMILES string of the molecule is C#CC1(COc2nc(C(=O)NCC(F)(F)F)nc(N3CCC(COc4cc(-c5cn(C)cn5)cnc4N)CC3)n2)CC1. The van der Waals surface area contributed by atoms with Gasteiger partial charge in [0.2, 0.25) is 11.8 Å². The molecule has 2 aliphatic rings. The number of carbonyl (C=O) groups is 1. The van der Waals surface area contributed by atoms with E-state index in [1.807, 2.05) is 28.8 Å². The molecule has 2 fully saturated rings. The number of nitrogens with zero attached hydrogens (tertiary/aromatic N) is 7. The Hall–Kier alpha value is -4.61. The third-order valence-corrected chi connectivity index (χ3v) is 7.15. The number of nitrogens with one attached hydrogen (secondary N) is 1. The van der Waals surface area contributed by atoms with Crippen molar-refractivity contribution < 1.29 is 27.4 Å². The van der Waals surface area contributed by atoms with Crippen LogP contribution in [0, 0.1) is 23.7 Å². The van der Waals surface area contributed by atoms with Crippen LogP contribution in [0.15, 0.2) is 24.8 Å². The Labute approximate surface area is 239 Å². The van der Waals surface area contributed by atoms with E-state index in [0.29, 0.717) is 38.3 Å². The molecule has 12 nitrogen and oxygen atoms in total. The zero-order chi connectivity index (χ0) is 29.9. The highest BCUT2D eigenvalue weighted by molar-refractivity contribution is 5.90. The van der Waals surface area contributed by atoms with Crippen LogP contribution in [0.2, 0.25) is 0 Å². The molecule has 1 aliphatic carbocycles. The summed E-state index contributed by atoms with van der Waals surface area (Å²) in [6.45, 7) is 0.0410. The van der Waals surface area contributed by atoms with E-state index in [4.69, 9.17) is 21.6 Å². The smallest absolute Gasteiger partial charge is 0.405 e. The maximum atomic E-state index is 12.7. The van der Waals surface area contributed by atoms with E-state index in [2.05, 4.69) is 30.8 Å². The molecule has 4 heterocycles. The number of anilines is 2. The molecule has 0 aromatic carbocycles. The largest absolute Gasteiger partial charge is 0.489 e. The molecule has 0 unspecified atom stereocenters. The summed E-state index contributed by atoms with van der Waals surface area (Å²) < 4.78 is 51.5. The molecule has 1 amide bonds. The lowest BCUT2D eigenvalue weighted by molar-refractivity contribution is -0.123. The Morgan fingerprint density at radius 2 is 1.98 bits per heavy atom. The van der Waals surface area contributed by atoms with Gasteiger partial charge in [-0.25, -0.2) is 9.97 Å². The maximum absolute atomic E-state index is 12.7. The number of rotatable bonds is 10. The topological polar surface area (TPSA) is 146 Å². The molecule has 1 saturated carbocycles. The Morgan fingerprint density at radius 3 is 2.62 bits per heavy atom. The van der Waals surface area contributed by atoms with Gasteiger partial charge in [-0.2, -0.15) is 28.1 Å². The van der Waals surface area contributed by atoms with Gasteiger partial charge in [0.05, 0.1) is 24.0 Å². The fourth-order valence-electron chi connectivity index (χ4n) is 4.38. The van der Waals surface area contributed by atoms with E-state index in [1.54, 1.807) is 17.8 Å². The third-order valence-electron chi connectivity index (χ3n) is 7.15. The number of nitrogens with two attached hydrogens (primary N) is 1. The number of hydrogen-bond donors (Lipinski definition) is 2. The van der Waals surface area contributed by atoms with E-state index in [0.717, 1.165) is 24.1 Å². The Morgan fingerprint density at radius 1 is 1.21 bits per heavy atom. The summed E-state index contributed by atoms with van der Waals surface area (Å²) in [5.74, 6) is 2.19. The van der Waals surface area contributed by atoms with Crippen molar-refractivity contribution in [3.05, 3.63) is 30.6 Å². The number of amides is 1. The first-order chi connectivity index (χ1) is 20.0. The molecule has 0 atom stereocenters. The van der Waals surface area contributed by atoms with Gasteiger partial charge >= 0.3 is 12.2 Å². The predicted octanol–water partition coefficient (Wildman–Crippen LogP) is 2.63. The number of alkyl halides is 3. The second kappa shape index (κ2) is 11.7. The second-order valence-corrected chi connectivity index (χ2v) is 10.5. The van der Waals surface area contributed by atoms with Crippen molar-refractivity contribution in [3.8, 4) is 35.4 Å². The Bertz CT molecular complexity index is 1480. The van der Waals surface area contributed by atoms with E-state index in [1.165, 1.54) is 0 Å². The van der Waals surface area contributed by atoms with Crippen molar-refractivity contribution in [2.75, 3.05) is 43.5 Å². The Kier molecular flexibility index (Phi) is 8.06. The molecule has 0 radical (unpaired) electrons. The van der Waals surface area contributed by atoms with Crippen molar-refractivity contribution in [1.29, 1.82) is 0 Å². The fraction of sp³-hybridized carbons (Fsp3) is 0.481. The molecule has 3 N–H and O–H groups in total. The number of carbonyl (C=O) groups excluding carboxylic acids is 1. The third kappa shape index (κ3) is 7.17. The van der Waals surface area contributed by atoms with Crippen LogP contribution in [-0.2, 0) is 7.05 Å². The van der Waals surface area contributed by atoms with Crippen LogP contribution in [0.4, 0.5) is 24.9 Å². The normalized spacial score (nSPS) is 16.5.